The Morgan fingerprint density at radius 2 is 1.79 bits per heavy atom. The van der Waals surface area contributed by atoms with Gasteiger partial charge < -0.3 is 9.64 Å². The van der Waals surface area contributed by atoms with Crippen LogP contribution in [0.25, 0.3) is 10.9 Å². The molecule has 0 unspecified atom stereocenters. The Hall–Kier alpha value is -2.91. The van der Waals surface area contributed by atoms with Crippen molar-refractivity contribution in [2.24, 2.45) is 0 Å². The number of carbonyl (C=O) groups excluding carboxylic acids is 1. The summed E-state index contributed by atoms with van der Waals surface area (Å²) in [6.07, 6.45) is 2.98. The van der Waals surface area contributed by atoms with Gasteiger partial charge in [-0.3, -0.25) is 19.1 Å². The van der Waals surface area contributed by atoms with E-state index in [1.165, 1.54) is 20.5 Å². The minimum atomic E-state index is -0.523. The zero-order chi connectivity index (χ0) is 24.1. The van der Waals surface area contributed by atoms with Gasteiger partial charge >= 0.3 is 5.69 Å². The maximum absolute atomic E-state index is 13.2. The number of benzene rings is 1. The summed E-state index contributed by atoms with van der Waals surface area (Å²) in [5.74, 6) is 0.622. The molecule has 3 heterocycles. The second-order valence-corrected chi connectivity index (χ2v) is 9.34. The molecule has 1 aromatic carbocycles. The number of methoxy groups -OCH3 is 1. The Bertz CT molecular complexity index is 1250. The van der Waals surface area contributed by atoms with Crippen LogP contribution in [-0.4, -0.2) is 59.8 Å². The molecule has 1 aliphatic rings. The van der Waals surface area contributed by atoms with E-state index in [0.29, 0.717) is 23.9 Å². The largest absolute Gasteiger partial charge is 0.495 e. The van der Waals surface area contributed by atoms with E-state index in [1.807, 2.05) is 18.2 Å². The third kappa shape index (κ3) is 4.95. The van der Waals surface area contributed by atoms with Crippen molar-refractivity contribution in [1.29, 1.82) is 0 Å². The minimum absolute atomic E-state index is 0.235. The number of hydrogen-bond donors (Lipinski definition) is 0. The van der Waals surface area contributed by atoms with E-state index in [1.54, 1.807) is 17.9 Å². The maximum atomic E-state index is 13.2. The number of ether oxygens (including phenoxy) is 1. The first-order valence-corrected chi connectivity index (χ1v) is 12.8. The number of anilines is 1. The number of aromatic nitrogens is 2. The molecule has 0 saturated carbocycles. The van der Waals surface area contributed by atoms with Crippen molar-refractivity contribution in [3.63, 3.8) is 0 Å². The summed E-state index contributed by atoms with van der Waals surface area (Å²) in [6, 6.07) is 7.99. The van der Waals surface area contributed by atoms with Gasteiger partial charge in [-0.05, 0) is 18.6 Å². The summed E-state index contributed by atoms with van der Waals surface area (Å²) in [5.41, 5.74) is 0.674. The minimum Gasteiger partial charge on any atom is -0.495 e. The van der Waals surface area contributed by atoms with Gasteiger partial charge in [-0.1, -0.05) is 31.9 Å². The molecule has 34 heavy (non-hydrogen) atoms. The lowest BCUT2D eigenvalue weighted by Gasteiger charge is -2.36. The Kier molecular flexibility index (Phi) is 7.84. The Balaban J connectivity index is 1.47. The van der Waals surface area contributed by atoms with Crippen LogP contribution in [0.5, 0.6) is 5.75 Å². The number of nitrogens with zero attached hydrogens (tertiary/aromatic N) is 4. The van der Waals surface area contributed by atoms with E-state index in [2.05, 4.69) is 22.8 Å². The van der Waals surface area contributed by atoms with Crippen LogP contribution in [0.4, 0.5) is 5.69 Å². The lowest BCUT2D eigenvalue weighted by molar-refractivity contribution is 0.0896. The summed E-state index contributed by atoms with van der Waals surface area (Å²) in [4.78, 5) is 43.7. The molecular formula is C25H32N4O4S. The molecule has 2 aromatic heterocycles. The number of rotatable bonds is 9. The van der Waals surface area contributed by atoms with Crippen molar-refractivity contribution in [2.75, 3.05) is 44.7 Å². The average molecular weight is 485 g/mol. The van der Waals surface area contributed by atoms with Crippen molar-refractivity contribution < 1.29 is 9.53 Å². The number of para-hydroxylation sites is 2. The van der Waals surface area contributed by atoms with Crippen LogP contribution in [0.1, 0.15) is 37.4 Å². The predicted octanol–water partition coefficient (Wildman–Crippen LogP) is 3.28. The van der Waals surface area contributed by atoms with Crippen molar-refractivity contribution in [1.82, 2.24) is 14.0 Å². The quantitative estimate of drug-likeness (QED) is 0.434. The van der Waals surface area contributed by atoms with Gasteiger partial charge in [0.25, 0.3) is 5.56 Å². The molecule has 0 spiro atoms. The fourth-order valence-electron chi connectivity index (χ4n) is 4.50. The summed E-state index contributed by atoms with van der Waals surface area (Å²) < 4.78 is 7.94. The first kappa shape index (κ1) is 24.2. The molecule has 0 N–H and O–H groups in total. The second kappa shape index (κ2) is 11.0. The van der Waals surface area contributed by atoms with Crippen LogP contribution in [0.15, 0.2) is 44.6 Å². The zero-order valence-corrected chi connectivity index (χ0v) is 20.7. The molecule has 1 fully saturated rings. The number of hydrogen-bond acceptors (Lipinski definition) is 7. The first-order valence-electron chi connectivity index (χ1n) is 11.9. The lowest BCUT2D eigenvalue weighted by Crippen LogP contribution is -2.49. The van der Waals surface area contributed by atoms with Gasteiger partial charge in [-0.15, -0.1) is 11.3 Å². The van der Waals surface area contributed by atoms with E-state index in [0.717, 1.165) is 56.9 Å². The molecule has 4 rings (SSSR count). The molecule has 0 atom stereocenters. The normalized spacial score (nSPS) is 14.6. The molecule has 3 aromatic rings. The second-order valence-electron chi connectivity index (χ2n) is 8.60. The molecule has 0 aliphatic carbocycles. The van der Waals surface area contributed by atoms with Crippen LogP contribution in [0, 0.1) is 0 Å². The molecule has 8 nitrogen and oxygen atoms in total. The van der Waals surface area contributed by atoms with Crippen LogP contribution in [-0.2, 0) is 6.54 Å². The Morgan fingerprint density at radius 1 is 1.03 bits per heavy atom. The smallest absolute Gasteiger partial charge is 0.338 e. The van der Waals surface area contributed by atoms with E-state index >= 15 is 0 Å². The van der Waals surface area contributed by atoms with E-state index in [4.69, 9.17) is 4.74 Å². The van der Waals surface area contributed by atoms with Crippen molar-refractivity contribution in [2.45, 2.75) is 39.2 Å². The highest BCUT2D eigenvalue weighted by Gasteiger charge is 2.22. The fourth-order valence-corrected chi connectivity index (χ4v) is 5.29. The van der Waals surface area contributed by atoms with Gasteiger partial charge in [-0.2, -0.15) is 0 Å². The van der Waals surface area contributed by atoms with Gasteiger partial charge in [0.1, 0.15) is 5.75 Å². The monoisotopic (exact) mass is 484 g/mol. The molecule has 0 amide bonds. The lowest BCUT2D eigenvalue weighted by atomic mass is 10.2. The summed E-state index contributed by atoms with van der Waals surface area (Å²) >= 11 is 1.34. The first-order chi connectivity index (χ1) is 16.5. The molecule has 0 bridgehead atoms. The molecule has 9 heteroatoms. The topological polar surface area (TPSA) is 76.8 Å². The highest BCUT2D eigenvalue weighted by atomic mass is 32.1. The van der Waals surface area contributed by atoms with Crippen LogP contribution >= 0.6 is 11.3 Å². The van der Waals surface area contributed by atoms with Gasteiger partial charge in [0.2, 0.25) is 5.91 Å². The average Bonchev–Trinajstić information content (AvgIpc) is 3.34. The Morgan fingerprint density at radius 3 is 2.53 bits per heavy atom. The van der Waals surface area contributed by atoms with Crippen LogP contribution in [0.3, 0.4) is 0 Å². The fraction of sp³-hybridized carbons (Fsp3) is 0.480. The van der Waals surface area contributed by atoms with Crippen molar-refractivity contribution in [3.05, 3.63) is 55.9 Å². The van der Waals surface area contributed by atoms with E-state index < -0.39 is 5.69 Å². The number of piperazine rings is 1. The van der Waals surface area contributed by atoms with E-state index in [-0.39, 0.29) is 18.0 Å². The molecule has 1 saturated heterocycles. The number of carbonyl (C=O) groups is 1. The molecule has 1 aliphatic heterocycles. The molecular weight excluding hydrogens is 452 g/mol. The SMILES string of the molecule is CCCCCC(=O)n1c(=O)n(CCN2CCN(c3ccccc3OC)CC2)c(=O)c2cscc21. The highest BCUT2D eigenvalue weighted by Crippen LogP contribution is 2.28. The summed E-state index contributed by atoms with van der Waals surface area (Å²) in [6.45, 7) is 6.21. The maximum Gasteiger partial charge on any atom is 0.338 e. The number of thiophene rings is 1. The molecule has 182 valence electrons. The molecule has 0 radical (unpaired) electrons. The van der Waals surface area contributed by atoms with Crippen LogP contribution in [0.2, 0.25) is 0 Å². The third-order valence-corrected chi connectivity index (χ3v) is 7.19. The number of unbranched alkanes of at least 4 members (excludes halogenated alkanes) is 2. The van der Waals surface area contributed by atoms with Crippen molar-refractivity contribution in [3.8, 4) is 5.75 Å². The van der Waals surface area contributed by atoms with Gasteiger partial charge in [0, 0.05) is 56.4 Å². The number of fused-ring (bicyclic) bond motifs is 1. The van der Waals surface area contributed by atoms with Crippen molar-refractivity contribution >= 4 is 33.8 Å². The zero-order valence-electron chi connectivity index (χ0n) is 19.9. The third-order valence-electron chi connectivity index (χ3n) is 6.46. The van der Waals surface area contributed by atoms with E-state index in [9.17, 15) is 14.4 Å². The van der Waals surface area contributed by atoms with Gasteiger partial charge in [-0.25, -0.2) is 9.36 Å². The van der Waals surface area contributed by atoms with Crippen LogP contribution < -0.4 is 20.9 Å². The van der Waals surface area contributed by atoms with Gasteiger partial charge in [0.05, 0.1) is 23.7 Å². The van der Waals surface area contributed by atoms with Gasteiger partial charge in [0.15, 0.2) is 0 Å². The highest BCUT2D eigenvalue weighted by molar-refractivity contribution is 7.09. The Labute approximate surface area is 203 Å². The summed E-state index contributed by atoms with van der Waals surface area (Å²) in [5, 5.41) is 3.89. The summed E-state index contributed by atoms with van der Waals surface area (Å²) in [7, 11) is 1.68. The predicted molar refractivity (Wildman–Crippen MR) is 137 cm³/mol. The standard InChI is InChI=1S/C25H32N4O4S/c1-3-4-5-10-23(30)29-21-18-34-17-19(21)24(31)28(25(29)32)16-13-26-11-14-27(15-12-26)20-8-6-7-9-22(20)33-2/h6-9,17-18H,3-5,10-16H2,1-2H3.